The van der Waals surface area contributed by atoms with E-state index in [1.807, 2.05) is 6.56 Å². The first-order chi connectivity index (χ1) is 7.61. The second-order valence-electron chi connectivity index (χ2n) is 5.10. The van der Waals surface area contributed by atoms with Gasteiger partial charge >= 0.3 is 109 Å². The molecule has 0 unspecified atom stereocenters. The Hall–Kier alpha value is 0.640. The molecule has 18 heavy (non-hydrogen) atoms. The molecule has 4 heteroatoms. The maximum Gasteiger partial charge on any atom is -0.147 e. The van der Waals surface area contributed by atoms with Crippen molar-refractivity contribution in [1.29, 1.82) is 0 Å². The monoisotopic (exact) mass is 379 g/mol. The van der Waals surface area contributed by atoms with Crippen LogP contribution in [0.25, 0.3) is 0 Å². The van der Waals surface area contributed by atoms with Gasteiger partial charge in [-0.25, -0.2) is 0 Å². The Balaban J connectivity index is 0.00000144. The van der Waals surface area contributed by atoms with Gasteiger partial charge in [0.05, 0.1) is 0 Å². The van der Waals surface area contributed by atoms with Crippen molar-refractivity contribution >= 4 is 30.7 Å². The Morgan fingerprint density at radius 1 is 0.889 bits per heavy atom. The normalized spacial score (nSPS) is 17.4. The van der Waals surface area contributed by atoms with Crippen LogP contribution in [0.1, 0.15) is 26.7 Å². The molecule has 0 saturated heterocycles. The van der Waals surface area contributed by atoms with Gasteiger partial charge in [-0.15, -0.1) is 24.8 Å². The van der Waals surface area contributed by atoms with Gasteiger partial charge in [-0.3, -0.25) is 0 Å². The van der Waals surface area contributed by atoms with Crippen LogP contribution in [0, 0.1) is 0 Å². The fourth-order valence-corrected chi connectivity index (χ4v) is 23.6. The molecule has 0 nitrogen and oxygen atoms in total. The van der Waals surface area contributed by atoms with Gasteiger partial charge in [0, 0.05) is 0 Å². The van der Waals surface area contributed by atoms with E-state index in [-0.39, 0.29) is 24.8 Å². The van der Waals surface area contributed by atoms with Crippen molar-refractivity contribution in [3.8, 4) is 0 Å². The predicted molar refractivity (Wildman–Crippen MR) is 86.3 cm³/mol. The Labute approximate surface area is 132 Å². The summed E-state index contributed by atoms with van der Waals surface area (Å²) in [5.41, 5.74) is 3.23. The Kier molecular flexibility index (Phi) is 8.33. The third-order valence-electron chi connectivity index (χ3n) is 3.56. The smallest absolute Gasteiger partial charge is 0.147 e. The molecule has 2 aliphatic carbocycles. The van der Waals surface area contributed by atoms with E-state index >= 15 is 0 Å². The fourth-order valence-electron chi connectivity index (χ4n) is 2.75. The Morgan fingerprint density at radius 2 is 1.28 bits per heavy atom. The van der Waals surface area contributed by atoms with Crippen LogP contribution in [0.5, 0.6) is 0 Å². The van der Waals surface area contributed by atoms with Gasteiger partial charge < -0.3 is 0 Å². The minimum atomic E-state index is -1.40. The Morgan fingerprint density at radius 3 is 1.50 bits per heavy atom. The molecule has 0 aliphatic heterocycles. The van der Waals surface area contributed by atoms with E-state index < -0.39 is 26.8 Å². The summed E-state index contributed by atoms with van der Waals surface area (Å²) in [7, 11) is 0. The summed E-state index contributed by atoms with van der Waals surface area (Å²) in [6, 6.07) is 0. The average molecular weight is 382 g/mol. The molecule has 0 fully saturated rings. The van der Waals surface area contributed by atoms with Gasteiger partial charge in [-0.05, 0) is 0 Å². The summed E-state index contributed by atoms with van der Waals surface area (Å²) in [5, 5.41) is 0. The second kappa shape index (κ2) is 8.04. The maximum absolute atomic E-state index is 2.58. The first-order valence-electron chi connectivity index (χ1n) is 6.21. The molecule has 0 atom stereocenters. The van der Waals surface area contributed by atoms with Crippen LogP contribution < -0.4 is 0 Å². The van der Waals surface area contributed by atoms with Gasteiger partial charge in [-0.1, -0.05) is 0 Å². The van der Waals surface area contributed by atoms with Gasteiger partial charge in [0.2, 0.25) is 0 Å². The number of hydrogen-bond acceptors (Lipinski definition) is 0. The van der Waals surface area contributed by atoms with Crippen molar-refractivity contribution in [3.05, 3.63) is 42.0 Å². The first-order valence-corrected chi connectivity index (χ1v) is 15.8. The van der Waals surface area contributed by atoms with Gasteiger partial charge in [0.25, 0.3) is 0 Å². The largest absolute Gasteiger partial charge is 0.147 e. The number of rotatable bonds is 3. The zero-order chi connectivity index (χ0) is 11.7. The van der Waals surface area contributed by atoms with E-state index in [9.17, 15) is 0 Å². The van der Waals surface area contributed by atoms with Crippen molar-refractivity contribution in [2.75, 3.05) is 0 Å². The molecule has 2 aliphatic rings. The maximum atomic E-state index is 2.58. The van der Waals surface area contributed by atoms with Crippen LogP contribution in [0.4, 0.5) is 0 Å². The molecule has 2 rings (SSSR count). The SMILES string of the molecule is CC1=[C]([Zr]([C]2=C(C)C=CC2)[SiH](C)C)CC=C1.Cl.Cl. The van der Waals surface area contributed by atoms with Crippen LogP contribution in [-0.4, -0.2) is 5.92 Å². The molecule has 0 radical (unpaired) electrons. The molecule has 0 aromatic carbocycles. The molecule has 0 bridgehead atoms. The van der Waals surface area contributed by atoms with Gasteiger partial charge in [-0.2, -0.15) is 0 Å². The summed E-state index contributed by atoms with van der Waals surface area (Å²) < 4.78 is 3.81. The standard InChI is InChI=1S/2C6H7.C2H7Si.2ClH.Zr/c2*1-6-4-2-3-5-6;1-3-2;;;/h2*2,4H,3H2,1H3;3H,1-2H3;2*1H;. The molecular formula is C14H23Cl2SiZr. The summed E-state index contributed by atoms with van der Waals surface area (Å²) in [5.74, 6) is -0.468. The van der Waals surface area contributed by atoms with E-state index in [0.717, 1.165) is 0 Å². The van der Waals surface area contributed by atoms with Crippen molar-refractivity contribution in [3.63, 3.8) is 0 Å². The van der Waals surface area contributed by atoms with Crippen LogP contribution >= 0.6 is 24.8 Å². The quantitative estimate of drug-likeness (QED) is 0.610. The van der Waals surface area contributed by atoms with E-state index in [1.54, 1.807) is 11.1 Å². The minimum absolute atomic E-state index is 0. The van der Waals surface area contributed by atoms with Crippen molar-refractivity contribution in [1.82, 2.24) is 0 Å². The number of halogens is 2. The molecule has 0 spiro atoms. The van der Waals surface area contributed by atoms with Crippen LogP contribution in [0.2, 0.25) is 13.1 Å². The third kappa shape index (κ3) is 3.82. The number of allylic oxidation sites excluding steroid dienone is 8. The van der Waals surface area contributed by atoms with Crippen molar-refractivity contribution in [2.45, 2.75) is 39.8 Å². The van der Waals surface area contributed by atoms with E-state index in [1.165, 1.54) is 12.8 Å². The van der Waals surface area contributed by atoms with Crippen molar-refractivity contribution < 1.29 is 20.9 Å². The molecule has 101 valence electrons. The topological polar surface area (TPSA) is 0 Å². The first kappa shape index (κ1) is 18.6. The average Bonchev–Trinajstić information content (AvgIpc) is 2.79. The summed E-state index contributed by atoms with van der Waals surface area (Å²) >= 11 is -1.40. The second-order valence-corrected chi connectivity index (χ2v) is 24.3. The van der Waals surface area contributed by atoms with E-state index in [2.05, 4.69) is 51.2 Å². The molecular weight excluding hydrogens is 358 g/mol. The summed E-state index contributed by atoms with van der Waals surface area (Å²) in [4.78, 5) is 0. The molecule has 0 amide bonds. The van der Waals surface area contributed by atoms with Gasteiger partial charge in [0.1, 0.15) is 0 Å². The van der Waals surface area contributed by atoms with E-state index in [0.29, 0.717) is 0 Å². The van der Waals surface area contributed by atoms with Crippen LogP contribution in [-0.2, 0) is 20.9 Å². The van der Waals surface area contributed by atoms with Crippen LogP contribution in [0.15, 0.2) is 42.0 Å². The molecule has 0 aromatic heterocycles. The third-order valence-corrected chi connectivity index (χ3v) is 23.5. The fraction of sp³-hybridized carbons (Fsp3) is 0.429. The Bertz CT molecular complexity index is 384. The van der Waals surface area contributed by atoms with Crippen molar-refractivity contribution in [2.24, 2.45) is 0 Å². The predicted octanol–water partition coefficient (Wildman–Crippen LogP) is 4.90. The van der Waals surface area contributed by atoms with Crippen LogP contribution in [0.3, 0.4) is 0 Å². The van der Waals surface area contributed by atoms with E-state index in [4.69, 9.17) is 0 Å². The van der Waals surface area contributed by atoms with Gasteiger partial charge in [0.15, 0.2) is 0 Å². The zero-order valence-electron chi connectivity index (χ0n) is 11.6. The molecule has 0 heterocycles. The molecule has 0 N–H and O–H groups in total. The zero-order valence-corrected chi connectivity index (χ0v) is 16.9. The minimum Gasteiger partial charge on any atom is -0.147 e. The summed E-state index contributed by atoms with van der Waals surface area (Å²) in [6.07, 6.45) is 12.0. The summed E-state index contributed by atoms with van der Waals surface area (Å²) in [6.45, 7) is 9.81. The molecule has 0 aromatic rings. The molecule has 0 saturated carbocycles. The number of hydrogen-bond donors (Lipinski definition) is 0.